The first-order chi connectivity index (χ1) is 18.4. The molecular weight excluding hydrogens is 516 g/mol. The van der Waals surface area contributed by atoms with Gasteiger partial charge in [-0.1, -0.05) is 36.4 Å². The van der Waals surface area contributed by atoms with Crippen LogP contribution in [-0.2, 0) is 7.05 Å². The third kappa shape index (κ3) is 4.07. The predicted molar refractivity (Wildman–Crippen MR) is 153 cm³/mol. The van der Waals surface area contributed by atoms with Gasteiger partial charge in [0.2, 0.25) is 0 Å². The molecule has 0 radical (unpaired) electrons. The van der Waals surface area contributed by atoms with Crippen LogP contribution in [0.4, 0.5) is 5.69 Å². The summed E-state index contributed by atoms with van der Waals surface area (Å²) in [5.74, 6) is 0. The number of rotatable bonds is 5. The fraction of sp³-hybridized carbons (Fsp3) is 0.107. The number of hydrogen-bond acceptors (Lipinski definition) is 7. The van der Waals surface area contributed by atoms with Crippen LogP contribution in [0.5, 0.6) is 0 Å². The number of para-hydroxylation sites is 2. The minimum absolute atomic E-state index is 0.261. The van der Waals surface area contributed by atoms with Crippen molar-refractivity contribution in [2.75, 3.05) is 0 Å². The molecule has 0 unspecified atom stereocenters. The maximum absolute atomic E-state index is 13.7. The van der Waals surface area contributed by atoms with E-state index in [1.165, 1.54) is 22.4 Å². The van der Waals surface area contributed by atoms with E-state index < -0.39 is 0 Å². The van der Waals surface area contributed by atoms with Gasteiger partial charge in [-0.05, 0) is 61.5 Å². The van der Waals surface area contributed by atoms with Crippen molar-refractivity contribution >= 4 is 50.9 Å². The number of aliphatic imine (C=N–C) groups is 1. The monoisotopic (exact) mass is 538 g/mol. The molecule has 6 rings (SSSR count). The molecular formula is C28H22N6O2S2. The average molecular weight is 539 g/mol. The van der Waals surface area contributed by atoms with Crippen LogP contribution in [-0.4, -0.2) is 29.9 Å². The summed E-state index contributed by atoms with van der Waals surface area (Å²) < 4.78 is 6.66. The summed E-state index contributed by atoms with van der Waals surface area (Å²) in [6.45, 7) is 3.75. The van der Waals surface area contributed by atoms with Crippen molar-refractivity contribution in [3.63, 3.8) is 0 Å². The zero-order chi connectivity index (χ0) is 26.4. The average Bonchev–Trinajstić information content (AvgIpc) is 3.42. The summed E-state index contributed by atoms with van der Waals surface area (Å²) >= 11 is 2.87. The van der Waals surface area contributed by atoms with E-state index in [1.807, 2.05) is 87.6 Å². The lowest BCUT2D eigenvalue weighted by molar-refractivity contribution is 0.630. The molecule has 0 atom stereocenters. The lowest BCUT2D eigenvalue weighted by Gasteiger charge is -2.08. The fourth-order valence-corrected chi connectivity index (χ4v) is 6.35. The highest BCUT2D eigenvalue weighted by Crippen LogP contribution is 2.34. The Bertz CT molecular complexity index is 1950. The van der Waals surface area contributed by atoms with Crippen molar-refractivity contribution in [2.45, 2.75) is 23.2 Å². The molecule has 0 fully saturated rings. The molecule has 2 aromatic carbocycles. The van der Waals surface area contributed by atoms with Crippen LogP contribution in [0.3, 0.4) is 0 Å². The van der Waals surface area contributed by atoms with Gasteiger partial charge in [0.1, 0.15) is 10.7 Å². The van der Waals surface area contributed by atoms with E-state index in [1.54, 1.807) is 26.9 Å². The number of nitrogens with zero attached hydrogens (tertiary/aromatic N) is 6. The van der Waals surface area contributed by atoms with Crippen LogP contribution in [0, 0.1) is 13.8 Å². The van der Waals surface area contributed by atoms with Gasteiger partial charge in [0, 0.05) is 19.5 Å². The summed E-state index contributed by atoms with van der Waals surface area (Å²) in [4.78, 5) is 41.1. The third-order valence-corrected chi connectivity index (χ3v) is 8.46. The lowest BCUT2D eigenvalue weighted by atomic mass is 10.2. The van der Waals surface area contributed by atoms with E-state index in [-0.39, 0.29) is 16.8 Å². The van der Waals surface area contributed by atoms with E-state index in [4.69, 9.17) is 9.97 Å². The molecule has 0 saturated heterocycles. The topological polar surface area (TPSA) is 86.5 Å². The van der Waals surface area contributed by atoms with Crippen molar-refractivity contribution in [3.05, 3.63) is 110 Å². The van der Waals surface area contributed by atoms with Gasteiger partial charge < -0.3 is 0 Å². The third-order valence-electron chi connectivity index (χ3n) is 6.35. The van der Waals surface area contributed by atoms with Crippen LogP contribution >= 0.6 is 23.1 Å². The van der Waals surface area contributed by atoms with Gasteiger partial charge >= 0.3 is 0 Å². The minimum atomic E-state index is -0.266. The molecule has 0 aliphatic rings. The summed E-state index contributed by atoms with van der Waals surface area (Å²) in [5, 5.41) is 0.490. The van der Waals surface area contributed by atoms with Gasteiger partial charge in [-0.2, -0.15) is 0 Å². The molecule has 10 heteroatoms. The second-order valence-electron chi connectivity index (χ2n) is 8.74. The zero-order valence-electron chi connectivity index (χ0n) is 20.8. The molecule has 0 spiro atoms. The number of benzene rings is 2. The maximum Gasteiger partial charge on any atom is 0.297 e. The number of aryl methyl sites for hydroxylation is 1. The highest BCUT2D eigenvalue weighted by atomic mass is 32.2. The normalized spacial score (nSPS) is 11.8. The van der Waals surface area contributed by atoms with Crippen LogP contribution in [0.1, 0.15) is 16.8 Å². The van der Waals surface area contributed by atoms with Gasteiger partial charge in [-0.15, -0.1) is 11.3 Å². The number of thiazole rings is 1. The smallest absolute Gasteiger partial charge is 0.283 e. The van der Waals surface area contributed by atoms with E-state index in [2.05, 4.69) is 4.99 Å². The van der Waals surface area contributed by atoms with E-state index in [0.717, 1.165) is 25.8 Å². The van der Waals surface area contributed by atoms with Crippen molar-refractivity contribution < 1.29 is 0 Å². The Hall–Kier alpha value is -4.28. The Morgan fingerprint density at radius 2 is 1.68 bits per heavy atom. The quantitative estimate of drug-likeness (QED) is 0.219. The molecule has 6 aromatic rings. The van der Waals surface area contributed by atoms with Crippen LogP contribution in [0.2, 0.25) is 0 Å². The largest absolute Gasteiger partial charge is 0.297 e. The first-order valence-electron chi connectivity index (χ1n) is 11.9. The second-order valence-corrected chi connectivity index (χ2v) is 11.0. The summed E-state index contributed by atoms with van der Waals surface area (Å²) in [6.07, 6.45) is 3.15. The van der Waals surface area contributed by atoms with Crippen LogP contribution < -0.4 is 11.1 Å². The molecule has 0 aliphatic heterocycles. The predicted octanol–water partition coefficient (Wildman–Crippen LogP) is 5.31. The Labute approximate surface area is 225 Å². The highest BCUT2D eigenvalue weighted by Gasteiger charge is 2.18. The molecule has 4 heterocycles. The number of hydrogen-bond donors (Lipinski definition) is 0. The molecule has 38 heavy (non-hydrogen) atoms. The number of aromatic nitrogens is 5. The molecule has 0 saturated carbocycles. The number of pyridine rings is 1. The number of fused-ring (bicyclic) bond motifs is 2. The Morgan fingerprint density at radius 3 is 2.47 bits per heavy atom. The Morgan fingerprint density at radius 1 is 0.921 bits per heavy atom. The van der Waals surface area contributed by atoms with E-state index in [0.29, 0.717) is 21.9 Å². The Kier molecular flexibility index (Phi) is 6.05. The zero-order valence-corrected chi connectivity index (χ0v) is 22.5. The summed E-state index contributed by atoms with van der Waals surface area (Å²) in [6, 6.07) is 21.0. The molecule has 0 bridgehead atoms. The first-order valence-corrected chi connectivity index (χ1v) is 13.5. The van der Waals surface area contributed by atoms with Crippen molar-refractivity contribution in [3.8, 4) is 5.69 Å². The van der Waals surface area contributed by atoms with Gasteiger partial charge in [0.05, 0.1) is 27.2 Å². The second kappa shape index (κ2) is 9.55. The molecule has 0 amide bonds. The highest BCUT2D eigenvalue weighted by molar-refractivity contribution is 8.01. The van der Waals surface area contributed by atoms with E-state index in [9.17, 15) is 9.59 Å². The lowest BCUT2D eigenvalue weighted by Crippen LogP contribution is -2.21. The summed E-state index contributed by atoms with van der Waals surface area (Å²) in [5.41, 5.74) is 3.79. The van der Waals surface area contributed by atoms with Gasteiger partial charge in [0.15, 0.2) is 10.0 Å². The van der Waals surface area contributed by atoms with Gasteiger partial charge in [-0.3, -0.25) is 18.7 Å². The van der Waals surface area contributed by atoms with Gasteiger partial charge in [-0.25, -0.2) is 19.6 Å². The fourth-order valence-electron chi connectivity index (χ4n) is 4.29. The van der Waals surface area contributed by atoms with Crippen molar-refractivity contribution in [1.29, 1.82) is 0 Å². The maximum atomic E-state index is 13.7. The Balaban J connectivity index is 1.50. The standard InChI is InChI=1S/C28H22N6O2S2/c1-17-10-9-15-33-24(17)31-25(38-28-30-21-13-7-8-14-22(21)37-28)20(26(33)35)16-29-23-18(2)32(3)34(27(23)36)19-11-5-4-6-12-19/h4-16H,1-3H3. The first kappa shape index (κ1) is 24.1. The molecule has 0 N–H and O–H groups in total. The molecule has 0 aliphatic carbocycles. The SMILES string of the molecule is Cc1cccn2c(=O)c(C=Nc3c(C)n(C)n(-c4ccccc4)c3=O)c(Sc3nc4ccccc4s3)nc12. The van der Waals surface area contributed by atoms with Crippen LogP contribution in [0.15, 0.2) is 96.9 Å². The minimum Gasteiger partial charge on any atom is -0.283 e. The van der Waals surface area contributed by atoms with Gasteiger partial charge in [0.25, 0.3) is 11.1 Å². The van der Waals surface area contributed by atoms with E-state index >= 15 is 0 Å². The molecule has 188 valence electrons. The molecule has 4 aromatic heterocycles. The molecule has 8 nitrogen and oxygen atoms in total. The van der Waals surface area contributed by atoms with Crippen molar-refractivity contribution in [1.82, 2.24) is 23.7 Å². The van der Waals surface area contributed by atoms with Crippen LogP contribution in [0.25, 0.3) is 21.6 Å². The summed E-state index contributed by atoms with van der Waals surface area (Å²) in [7, 11) is 1.81. The van der Waals surface area contributed by atoms with Crippen molar-refractivity contribution in [2.24, 2.45) is 12.0 Å².